The van der Waals surface area contributed by atoms with Gasteiger partial charge in [-0.05, 0) is 63.8 Å². The van der Waals surface area contributed by atoms with Crippen molar-refractivity contribution in [3.63, 3.8) is 0 Å². The molecule has 3 fully saturated rings. The van der Waals surface area contributed by atoms with Crippen LogP contribution in [0.15, 0.2) is 22.7 Å². The molecule has 6 heteroatoms. The summed E-state index contributed by atoms with van der Waals surface area (Å²) >= 11 is 3.46. The first-order valence-electron chi connectivity index (χ1n) is 8.23. The lowest BCUT2D eigenvalue weighted by molar-refractivity contribution is -0.160. The second-order valence-corrected chi connectivity index (χ2v) is 9.27. The van der Waals surface area contributed by atoms with Crippen LogP contribution < -0.4 is 5.32 Å². The molecule has 0 saturated heterocycles. The number of carbonyl (C=O) groups is 2. The number of hydrogen-bond acceptors (Lipinski definition) is 3. The molecule has 24 heavy (non-hydrogen) atoms. The topological polar surface area (TPSA) is 58.6 Å². The van der Waals surface area contributed by atoms with E-state index in [1.165, 1.54) is 0 Å². The summed E-state index contributed by atoms with van der Waals surface area (Å²) in [6.07, 6.45) is 2.09. The molecule has 2 amide bonds. The second-order valence-electron chi connectivity index (χ2n) is 8.35. The fourth-order valence-electron chi connectivity index (χ4n) is 4.35. The number of nitrogens with one attached hydrogen (secondary N) is 1. The first-order valence-corrected chi connectivity index (χ1v) is 9.02. The molecule has 1 aromatic rings. The Labute approximate surface area is 149 Å². The first kappa shape index (κ1) is 15.9. The van der Waals surface area contributed by atoms with E-state index in [-0.39, 0.29) is 23.1 Å². The van der Waals surface area contributed by atoms with Crippen molar-refractivity contribution in [3.05, 3.63) is 33.8 Å². The highest BCUT2D eigenvalue weighted by molar-refractivity contribution is 9.10. The van der Waals surface area contributed by atoms with Gasteiger partial charge in [0.1, 0.15) is 5.60 Å². The van der Waals surface area contributed by atoms with Gasteiger partial charge in [0.2, 0.25) is 0 Å². The molecule has 5 rings (SSSR count). The van der Waals surface area contributed by atoms with Crippen LogP contribution in [0.3, 0.4) is 0 Å². The number of halogens is 1. The van der Waals surface area contributed by atoms with Crippen LogP contribution in [0.25, 0.3) is 0 Å². The average molecular weight is 393 g/mol. The Kier molecular flexibility index (Phi) is 3.15. The molecule has 0 atom stereocenters. The number of benzene rings is 1. The van der Waals surface area contributed by atoms with E-state index in [1.54, 1.807) is 0 Å². The van der Waals surface area contributed by atoms with Gasteiger partial charge in [-0.2, -0.15) is 0 Å². The zero-order valence-electron chi connectivity index (χ0n) is 14.1. The molecule has 1 N–H and O–H groups in total. The number of nitrogens with zero attached hydrogens (tertiary/aromatic N) is 1. The molecule has 0 unspecified atom stereocenters. The van der Waals surface area contributed by atoms with E-state index >= 15 is 0 Å². The van der Waals surface area contributed by atoms with Crippen LogP contribution >= 0.6 is 15.9 Å². The van der Waals surface area contributed by atoms with Crippen molar-refractivity contribution in [2.24, 2.45) is 0 Å². The quantitative estimate of drug-likeness (QED) is 0.835. The SMILES string of the molecule is CC(C)(C)OC(=O)NC12CC(N3Cc4cc(Br)ccc4C3=O)(C1)C2. The smallest absolute Gasteiger partial charge is 0.408 e. The van der Waals surface area contributed by atoms with Gasteiger partial charge in [0.05, 0.1) is 11.1 Å². The van der Waals surface area contributed by atoms with Crippen LogP contribution in [0.1, 0.15) is 56.0 Å². The highest BCUT2D eigenvalue weighted by Gasteiger charge is 2.72. The maximum atomic E-state index is 12.7. The molecular formula is C18H21BrN2O3. The summed E-state index contributed by atoms with van der Waals surface area (Å²) in [6.45, 7) is 6.23. The number of carbonyl (C=O) groups excluding carboxylic acids is 2. The predicted molar refractivity (Wildman–Crippen MR) is 92.7 cm³/mol. The number of ether oxygens (including phenoxy) is 1. The van der Waals surface area contributed by atoms with Gasteiger partial charge in [0.15, 0.2) is 0 Å². The van der Waals surface area contributed by atoms with Crippen LogP contribution in [0.4, 0.5) is 4.79 Å². The summed E-state index contributed by atoms with van der Waals surface area (Å²) in [5, 5.41) is 3.00. The summed E-state index contributed by atoms with van der Waals surface area (Å²) in [7, 11) is 0. The molecule has 1 heterocycles. The van der Waals surface area contributed by atoms with Gasteiger partial charge in [0, 0.05) is 16.6 Å². The number of hydrogen-bond donors (Lipinski definition) is 1. The van der Waals surface area contributed by atoms with E-state index in [1.807, 2.05) is 43.9 Å². The molecule has 1 aromatic carbocycles. The minimum atomic E-state index is -0.495. The van der Waals surface area contributed by atoms with E-state index in [0.29, 0.717) is 6.54 Å². The minimum absolute atomic E-state index is 0.0857. The van der Waals surface area contributed by atoms with Gasteiger partial charge >= 0.3 is 6.09 Å². The van der Waals surface area contributed by atoms with Crippen LogP contribution in [-0.2, 0) is 11.3 Å². The zero-order valence-corrected chi connectivity index (χ0v) is 15.7. The number of rotatable bonds is 2. The number of alkyl carbamates (subject to hydrolysis) is 1. The van der Waals surface area contributed by atoms with Crippen molar-refractivity contribution in [3.8, 4) is 0 Å². The number of amides is 2. The fourth-order valence-corrected chi connectivity index (χ4v) is 4.75. The normalized spacial score (nSPS) is 30.3. The molecule has 4 aliphatic rings. The Morgan fingerprint density at radius 3 is 2.58 bits per heavy atom. The van der Waals surface area contributed by atoms with Gasteiger partial charge in [0.25, 0.3) is 5.91 Å². The molecule has 3 aliphatic carbocycles. The first-order chi connectivity index (χ1) is 11.1. The molecule has 0 aromatic heterocycles. The Morgan fingerprint density at radius 1 is 1.29 bits per heavy atom. The molecule has 128 valence electrons. The summed E-state index contributed by atoms with van der Waals surface area (Å²) < 4.78 is 6.34. The average Bonchev–Trinajstić information content (AvgIpc) is 2.66. The van der Waals surface area contributed by atoms with Crippen LogP contribution in [0.5, 0.6) is 0 Å². The highest BCUT2D eigenvalue weighted by Crippen LogP contribution is 2.64. The Morgan fingerprint density at radius 2 is 1.96 bits per heavy atom. The zero-order chi connectivity index (χ0) is 17.3. The van der Waals surface area contributed by atoms with Gasteiger partial charge in [-0.15, -0.1) is 0 Å². The number of fused-ring (bicyclic) bond motifs is 1. The van der Waals surface area contributed by atoms with Crippen molar-refractivity contribution in [2.75, 3.05) is 0 Å². The van der Waals surface area contributed by atoms with Crippen LogP contribution in [0, 0.1) is 0 Å². The monoisotopic (exact) mass is 392 g/mol. The van der Waals surface area contributed by atoms with Gasteiger partial charge in [-0.3, -0.25) is 4.79 Å². The second kappa shape index (κ2) is 4.75. The Balaban J connectivity index is 1.41. The highest BCUT2D eigenvalue weighted by atomic mass is 79.9. The lowest BCUT2D eigenvalue weighted by atomic mass is 9.43. The van der Waals surface area contributed by atoms with Gasteiger partial charge < -0.3 is 15.0 Å². The third-order valence-corrected chi connectivity index (χ3v) is 5.71. The van der Waals surface area contributed by atoms with Crippen molar-refractivity contribution >= 4 is 27.9 Å². The van der Waals surface area contributed by atoms with Crippen molar-refractivity contribution in [1.29, 1.82) is 0 Å². The fraction of sp³-hybridized carbons (Fsp3) is 0.556. The van der Waals surface area contributed by atoms with E-state index in [0.717, 1.165) is 34.9 Å². The minimum Gasteiger partial charge on any atom is -0.444 e. The van der Waals surface area contributed by atoms with E-state index in [4.69, 9.17) is 4.74 Å². The van der Waals surface area contributed by atoms with Crippen molar-refractivity contribution < 1.29 is 14.3 Å². The maximum absolute atomic E-state index is 12.7. The molecule has 0 radical (unpaired) electrons. The Bertz CT molecular complexity index is 733. The van der Waals surface area contributed by atoms with Crippen molar-refractivity contribution in [1.82, 2.24) is 10.2 Å². The molecule has 5 nitrogen and oxygen atoms in total. The molecular weight excluding hydrogens is 372 g/mol. The molecule has 2 bridgehead atoms. The lowest BCUT2D eigenvalue weighted by Crippen LogP contribution is -2.83. The van der Waals surface area contributed by atoms with E-state index in [2.05, 4.69) is 21.2 Å². The van der Waals surface area contributed by atoms with E-state index in [9.17, 15) is 9.59 Å². The summed E-state index contributed by atoms with van der Waals surface area (Å²) in [6, 6.07) is 5.82. The van der Waals surface area contributed by atoms with E-state index < -0.39 is 5.60 Å². The van der Waals surface area contributed by atoms with Crippen molar-refractivity contribution in [2.45, 2.75) is 63.3 Å². The summed E-state index contributed by atoms with van der Waals surface area (Å²) in [5.74, 6) is 0.114. The summed E-state index contributed by atoms with van der Waals surface area (Å²) in [4.78, 5) is 26.7. The molecule has 1 aliphatic heterocycles. The lowest BCUT2D eigenvalue weighted by Gasteiger charge is -2.72. The predicted octanol–water partition coefficient (Wildman–Crippen LogP) is 3.60. The van der Waals surface area contributed by atoms with Gasteiger partial charge in [-0.25, -0.2) is 4.79 Å². The van der Waals surface area contributed by atoms with Crippen LogP contribution in [-0.4, -0.2) is 33.6 Å². The van der Waals surface area contributed by atoms with Gasteiger partial charge in [-0.1, -0.05) is 15.9 Å². The summed E-state index contributed by atoms with van der Waals surface area (Å²) in [5.41, 5.74) is 1.12. The standard InChI is InChI=1S/C18H21BrN2O3/c1-16(2,3)24-15(23)20-17-8-18(9-17,10-17)21-7-11-6-12(19)4-5-13(11)14(21)22/h4-6H,7-10H2,1-3H3,(H,20,23). The Hall–Kier alpha value is -1.56. The van der Waals surface area contributed by atoms with Crippen LogP contribution in [0.2, 0.25) is 0 Å². The largest absolute Gasteiger partial charge is 0.444 e. The third kappa shape index (κ3) is 2.34. The third-order valence-electron chi connectivity index (χ3n) is 5.21. The maximum Gasteiger partial charge on any atom is 0.408 e. The molecule has 3 saturated carbocycles. The molecule has 0 spiro atoms.